The monoisotopic (exact) mass is 380 g/mol. The molecule has 1 N–H and O–H groups in total. The summed E-state index contributed by atoms with van der Waals surface area (Å²) < 4.78 is 5.95. The number of benzene rings is 1. The minimum atomic E-state index is -0.257. The maximum atomic E-state index is 13.0. The Morgan fingerprint density at radius 2 is 2.11 bits per heavy atom. The number of esters is 1. The van der Waals surface area contributed by atoms with Crippen LogP contribution in [-0.2, 0) is 28.9 Å². The van der Waals surface area contributed by atoms with Crippen molar-refractivity contribution in [3.8, 4) is 0 Å². The molecule has 144 valence electrons. The van der Waals surface area contributed by atoms with Gasteiger partial charge in [0.15, 0.2) is 5.65 Å². The van der Waals surface area contributed by atoms with Crippen LogP contribution in [0.1, 0.15) is 33.5 Å². The van der Waals surface area contributed by atoms with Crippen molar-refractivity contribution in [3.63, 3.8) is 0 Å². The van der Waals surface area contributed by atoms with E-state index >= 15 is 0 Å². The molecular weight excluding hydrogens is 360 g/mol. The number of carbonyl (C=O) groups is 2. The third-order valence-electron chi connectivity index (χ3n) is 5.07. The molecule has 0 saturated heterocycles. The first-order valence-electron chi connectivity index (χ1n) is 9.09. The molecule has 0 saturated carbocycles. The summed E-state index contributed by atoms with van der Waals surface area (Å²) in [7, 11) is 1.39. The molecule has 28 heavy (non-hydrogen) atoms. The van der Waals surface area contributed by atoms with Gasteiger partial charge in [0.25, 0.3) is 11.5 Å². The number of rotatable bonds is 4. The molecule has 1 aliphatic rings. The zero-order chi connectivity index (χ0) is 19.7. The Bertz CT molecular complexity index is 1110. The number of aromatic nitrogens is 3. The number of methoxy groups -OCH3 is 1. The molecule has 8 heteroatoms. The fourth-order valence-electron chi connectivity index (χ4n) is 3.53. The van der Waals surface area contributed by atoms with Crippen molar-refractivity contribution >= 4 is 17.5 Å². The highest BCUT2D eigenvalue weighted by molar-refractivity contribution is 5.99. The summed E-state index contributed by atoms with van der Waals surface area (Å²) in [4.78, 5) is 42.1. The molecule has 0 fully saturated rings. The van der Waals surface area contributed by atoms with Crippen LogP contribution in [-0.4, -0.2) is 45.0 Å². The Morgan fingerprint density at radius 3 is 2.93 bits per heavy atom. The van der Waals surface area contributed by atoms with E-state index in [0.29, 0.717) is 37.1 Å². The number of aryl methyl sites for hydroxylation is 1. The number of nitrogens with one attached hydrogen (secondary N) is 1. The minimum Gasteiger partial charge on any atom is -0.469 e. The molecule has 3 aromatic rings. The number of nitrogens with zero attached hydrogens (tertiary/aromatic N) is 3. The van der Waals surface area contributed by atoms with Crippen LogP contribution in [0.4, 0.5) is 0 Å². The maximum absolute atomic E-state index is 13.0. The van der Waals surface area contributed by atoms with Gasteiger partial charge in [0, 0.05) is 38.0 Å². The van der Waals surface area contributed by atoms with Gasteiger partial charge in [0.05, 0.1) is 7.11 Å². The van der Waals surface area contributed by atoms with E-state index < -0.39 is 0 Å². The third-order valence-corrected chi connectivity index (χ3v) is 5.07. The summed E-state index contributed by atoms with van der Waals surface area (Å²) in [5, 5.41) is 2.79. The first kappa shape index (κ1) is 18.0. The molecule has 3 heterocycles. The largest absolute Gasteiger partial charge is 0.469 e. The summed E-state index contributed by atoms with van der Waals surface area (Å²) >= 11 is 0. The van der Waals surface area contributed by atoms with Gasteiger partial charge >= 0.3 is 5.97 Å². The number of ether oxygens (including phenoxy) is 1. The van der Waals surface area contributed by atoms with Crippen LogP contribution >= 0.6 is 0 Å². The van der Waals surface area contributed by atoms with Crippen molar-refractivity contribution in [1.29, 1.82) is 0 Å². The van der Waals surface area contributed by atoms with Gasteiger partial charge in [0.2, 0.25) is 0 Å². The van der Waals surface area contributed by atoms with Gasteiger partial charge in [-0.1, -0.05) is 18.2 Å². The molecule has 2 aromatic heterocycles. The Kier molecular flexibility index (Phi) is 4.68. The van der Waals surface area contributed by atoms with Crippen LogP contribution in [0.25, 0.3) is 5.65 Å². The summed E-state index contributed by atoms with van der Waals surface area (Å²) in [6.45, 7) is 1.08. The third kappa shape index (κ3) is 3.28. The van der Waals surface area contributed by atoms with Crippen molar-refractivity contribution in [2.45, 2.75) is 25.8 Å². The summed E-state index contributed by atoms with van der Waals surface area (Å²) in [6.07, 6.45) is 4.66. The molecule has 0 aliphatic carbocycles. The van der Waals surface area contributed by atoms with E-state index in [1.165, 1.54) is 35.6 Å². The Labute approximate surface area is 160 Å². The van der Waals surface area contributed by atoms with Crippen LogP contribution in [0, 0.1) is 0 Å². The molecule has 0 unspecified atom stereocenters. The highest BCUT2D eigenvalue weighted by atomic mass is 16.5. The quantitative estimate of drug-likeness (QED) is 0.689. The normalized spacial score (nSPS) is 13.4. The lowest BCUT2D eigenvalue weighted by Gasteiger charge is -2.29. The first-order valence-corrected chi connectivity index (χ1v) is 9.09. The van der Waals surface area contributed by atoms with Crippen molar-refractivity contribution in [2.75, 3.05) is 13.7 Å². The second-order valence-electron chi connectivity index (χ2n) is 6.79. The molecule has 0 spiro atoms. The van der Waals surface area contributed by atoms with Crippen molar-refractivity contribution < 1.29 is 14.3 Å². The van der Waals surface area contributed by atoms with E-state index in [4.69, 9.17) is 0 Å². The maximum Gasteiger partial charge on any atom is 0.305 e. The first-order chi connectivity index (χ1) is 13.6. The lowest BCUT2D eigenvalue weighted by molar-refractivity contribution is -0.140. The SMILES string of the molecule is COC(=O)CCc1ccc2c(c1)CCN(C(=O)c1c[nH]n3c(=O)ccnc13)C2. The fraction of sp³-hybridized carbons (Fsp3) is 0.300. The van der Waals surface area contributed by atoms with Crippen LogP contribution in [0.2, 0.25) is 0 Å². The minimum absolute atomic E-state index is 0.155. The Balaban J connectivity index is 1.52. The summed E-state index contributed by atoms with van der Waals surface area (Å²) in [5.74, 6) is -0.377. The molecule has 8 nitrogen and oxygen atoms in total. The fourth-order valence-corrected chi connectivity index (χ4v) is 3.53. The zero-order valence-electron chi connectivity index (χ0n) is 15.5. The van der Waals surface area contributed by atoms with Gasteiger partial charge in [-0.05, 0) is 29.5 Å². The zero-order valence-corrected chi connectivity index (χ0v) is 15.5. The number of hydrogen-bond donors (Lipinski definition) is 1. The number of aromatic amines is 1. The number of amides is 1. The van der Waals surface area contributed by atoms with Gasteiger partial charge in [-0.2, -0.15) is 0 Å². The second kappa shape index (κ2) is 7.30. The van der Waals surface area contributed by atoms with Crippen molar-refractivity contribution in [2.24, 2.45) is 0 Å². The van der Waals surface area contributed by atoms with Crippen molar-refractivity contribution in [3.05, 3.63) is 69.3 Å². The average Bonchev–Trinajstić information content (AvgIpc) is 3.16. The Hall–Kier alpha value is -3.42. The molecule has 0 radical (unpaired) electrons. The van der Waals surface area contributed by atoms with E-state index in [9.17, 15) is 14.4 Å². The highest BCUT2D eigenvalue weighted by Crippen LogP contribution is 2.23. The molecule has 1 amide bonds. The van der Waals surface area contributed by atoms with Gasteiger partial charge in [-0.25, -0.2) is 9.50 Å². The van der Waals surface area contributed by atoms with Gasteiger partial charge in [0.1, 0.15) is 5.56 Å². The van der Waals surface area contributed by atoms with Gasteiger partial charge < -0.3 is 9.64 Å². The smallest absolute Gasteiger partial charge is 0.305 e. The number of fused-ring (bicyclic) bond motifs is 2. The predicted octanol–water partition coefficient (Wildman–Crippen LogP) is 1.33. The number of hydrogen-bond acceptors (Lipinski definition) is 5. The molecular formula is C20H20N4O4. The molecule has 0 atom stereocenters. The molecule has 1 aliphatic heterocycles. The topological polar surface area (TPSA) is 96.8 Å². The number of carbonyl (C=O) groups excluding carboxylic acids is 2. The Morgan fingerprint density at radius 1 is 1.25 bits per heavy atom. The van der Waals surface area contributed by atoms with Gasteiger partial charge in [-0.3, -0.25) is 19.5 Å². The van der Waals surface area contributed by atoms with Crippen LogP contribution in [0.15, 0.2) is 41.5 Å². The van der Waals surface area contributed by atoms with E-state index in [1.54, 1.807) is 4.90 Å². The van der Waals surface area contributed by atoms with E-state index in [1.807, 2.05) is 12.1 Å². The van der Waals surface area contributed by atoms with E-state index in [2.05, 4.69) is 20.9 Å². The molecule has 0 bridgehead atoms. The average molecular weight is 380 g/mol. The van der Waals surface area contributed by atoms with Crippen LogP contribution in [0.3, 0.4) is 0 Å². The van der Waals surface area contributed by atoms with Gasteiger partial charge in [-0.15, -0.1) is 0 Å². The predicted molar refractivity (Wildman–Crippen MR) is 101 cm³/mol. The molecule has 4 rings (SSSR count). The van der Waals surface area contributed by atoms with E-state index in [-0.39, 0.29) is 17.4 Å². The van der Waals surface area contributed by atoms with Crippen LogP contribution in [0.5, 0.6) is 0 Å². The second-order valence-corrected chi connectivity index (χ2v) is 6.79. The lowest BCUT2D eigenvalue weighted by Crippen LogP contribution is -2.36. The van der Waals surface area contributed by atoms with Crippen LogP contribution < -0.4 is 5.56 Å². The highest BCUT2D eigenvalue weighted by Gasteiger charge is 2.25. The van der Waals surface area contributed by atoms with Crippen molar-refractivity contribution in [1.82, 2.24) is 19.5 Å². The summed E-state index contributed by atoms with van der Waals surface area (Å²) in [5.41, 5.74) is 3.83. The number of H-pyrrole nitrogens is 1. The standard InChI is InChI=1S/C20H20N4O4/c1-28-18(26)5-3-13-2-4-15-12-23(9-7-14(15)10-13)20(27)16-11-22-24-17(25)6-8-21-19(16)24/h2,4,6,8,10-11,22H,3,5,7,9,12H2,1H3. The molecule has 1 aromatic carbocycles. The lowest BCUT2D eigenvalue weighted by atomic mass is 9.95. The van der Waals surface area contributed by atoms with E-state index in [0.717, 1.165) is 17.5 Å². The summed E-state index contributed by atoms with van der Waals surface area (Å²) in [6, 6.07) is 7.45.